The zero-order valence-corrected chi connectivity index (χ0v) is 8.74. The van der Waals surface area contributed by atoms with Gasteiger partial charge in [-0.15, -0.1) is 0 Å². The van der Waals surface area contributed by atoms with E-state index < -0.39 is 9.84 Å². The Morgan fingerprint density at radius 2 is 2.40 bits per heavy atom. The number of nitriles is 1. The first kappa shape index (κ1) is 9.98. The third-order valence-electron chi connectivity index (χ3n) is 2.51. The summed E-state index contributed by atoms with van der Waals surface area (Å²) < 4.78 is 23.9. The van der Waals surface area contributed by atoms with E-state index in [2.05, 4.69) is 5.10 Å². The Morgan fingerprint density at radius 1 is 1.67 bits per heavy atom. The third kappa shape index (κ3) is 1.68. The number of sulfone groups is 1. The Morgan fingerprint density at radius 3 is 2.87 bits per heavy atom. The number of nitrogens with zero attached hydrogens (tertiary/aromatic N) is 3. The van der Waals surface area contributed by atoms with E-state index in [4.69, 9.17) is 11.0 Å². The minimum atomic E-state index is -2.96. The molecule has 7 heteroatoms. The van der Waals surface area contributed by atoms with Gasteiger partial charge in [0.05, 0.1) is 23.7 Å². The summed E-state index contributed by atoms with van der Waals surface area (Å²) in [4.78, 5) is 0. The lowest BCUT2D eigenvalue weighted by molar-refractivity contribution is 0.507. The van der Waals surface area contributed by atoms with Gasteiger partial charge in [0.25, 0.3) is 0 Å². The van der Waals surface area contributed by atoms with Crippen LogP contribution in [0.15, 0.2) is 6.20 Å². The summed E-state index contributed by atoms with van der Waals surface area (Å²) in [5, 5.41) is 12.6. The van der Waals surface area contributed by atoms with Gasteiger partial charge in [0.2, 0.25) is 0 Å². The van der Waals surface area contributed by atoms with Crippen LogP contribution in [0.2, 0.25) is 0 Å². The highest BCUT2D eigenvalue weighted by atomic mass is 32.2. The molecule has 0 unspecified atom stereocenters. The summed E-state index contributed by atoms with van der Waals surface area (Å²) in [6.45, 7) is 0. The smallest absolute Gasteiger partial charge is 0.152 e. The van der Waals surface area contributed by atoms with E-state index in [0.717, 1.165) is 0 Å². The highest BCUT2D eigenvalue weighted by Crippen LogP contribution is 2.26. The number of hydrogen-bond donors (Lipinski definition) is 1. The molecule has 1 fully saturated rings. The molecule has 2 N–H and O–H groups in total. The van der Waals surface area contributed by atoms with Crippen molar-refractivity contribution in [2.45, 2.75) is 12.5 Å². The van der Waals surface area contributed by atoms with Crippen molar-refractivity contribution in [1.82, 2.24) is 9.78 Å². The summed E-state index contributed by atoms with van der Waals surface area (Å²) in [7, 11) is -2.96. The molecule has 15 heavy (non-hydrogen) atoms. The van der Waals surface area contributed by atoms with Crippen LogP contribution in [-0.4, -0.2) is 29.7 Å². The highest BCUT2D eigenvalue weighted by molar-refractivity contribution is 7.91. The predicted octanol–water partition coefficient (Wildman–Crippen LogP) is -0.303. The van der Waals surface area contributed by atoms with Gasteiger partial charge in [-0.3, -0.25) is 0 Å². The van der Waals surface area contributed by atoms with Crippen molar-refractivity contribution in [3.8, 4) is 6.07 Å². The first-order valence-corrected chi connectivity index (χ1v) is 6.29. The molecule has 1 aromatic rings. The van der Waals surface area contributed by atoms with E-state index in [1.807, 2.05) is 6.07 Å². The molecule has 1 aromatic heterocycles. The minimum Gasteiger partial charge on any atom is -0.383 e. The zero-order chi connectivity index (χ0) is 11.1. The van der Waals surface area contributed by atoms with Crippen molar-refractivity contribution in [3.05, 3.63) is 11.8 Å². The minimum absolute atomic E-state index is 0.0593. The van der Waals surface area contributed by atoms with Gasteiger partial charge in [0, 0.05) is 0 Å². The van der Waals surface area contributed by atoms with Crippen LogP contribution in [0.5, 0.6) is 0 Å². The molecule has 0 saturated carbocycles. The average Bonchev–Trinajstić information content (AvgIpc) is 2.69. The molecule has 0 amide bonds. The lowest BCUT2D eigenvalue weighted by atomic mass is 10.2. The van der Waals surface area contributed by atoms with Crippen molar-refractivity contribution in [1.29, 1.82) is 5.26 Å². The predicted molar refractivity (Wildman–Crippen MR) is 53.7 cm³/mol. The number of nitrogen functional groups attached to an aromatic ring is 1. The molecule has 0 aromatic carbocycles. The molecule has 0 spiro atoms. The average molecular weight is 226 g/mol. The maximum Gasteiger partial charge on any atom is 0.152 e. The van der Waals surface area contributed by atoms with E-state index in [-0.39, 0.29) is 23.4 Å². The fourth-order valence-corrected chi connectivity index (χ4v) is 3.41. The number of nitrogens with two attached hydrogens (primary N) is 1. The van der Waals surface area contributed by atoms with E-state index in [9.17, 15) is 8.42 Å². The Balaban J connectivity index is 2.33. The van der Waals surface area contributed by atoms with Crippen LogP contribution < -0.4 is 5.73 Å². The maximum absolute atomic E-state index is 11.3. The normalized spacial score (nSPS) is 23.8. The van der Waals surface area contributed by atoms with Crippen LogP contribution >= 0.6 is 0 Å². The van der Waals surface area contributed by atoms with Crippen molar-refractivity contribution < 1.29 is 8.42 Å². The van der Waals surface area contributed by atoms with Crippen LogP contribution in [-0.2, 0) is 9.84 Å². The number of hydrogen-bond acceptors (Lipinski definition) is 5. The first-order chi connectivity index (χ1) is 7.03. The van der Waals surface area contributed by atoms with Gasteiger partial charge in [-0.25, -0.2) is 13.1 Å². The molecule has 2 heterocycles. The largest absolute Gasteiger partial charge is 0.383 e. The second kappa shape index (κ2) is 3.24. The van der Waals surface area contributed by atoms with Crippen LogP contribution in [0.4, 0.5) is 5.82 Å². The van der Waals surface area contributed by atoms with Crippen LogP contribution in [0.25, 0.3) is 0 Å². The van der Waals surface area contributed by atoms with Crippen LogP contribution in [0, 0.1) is 11.3 Å². The molecule has 0 bridgehead atoms. The third-order valence-corrected chi connectivity index (χ3v) is 4.26. The van der Waals surface area contributed by atoms with Gasteiger partial charge in [0.1, 0.15) is 17.5 Å². The van der Waals surface area contributed by atoms with E-state index >= 15 is 0 Å². The Labute approximate surface area is 87.2 Å². The second-order valence-corrected chi connectivity index (χ2v) is 5.79. The quantitative estimate of drug-likeness (QED) is 0.708. The number of rotatable bonds is 1. The molecular formula is C8H10N4O2S. The van der Waals surface area contributed by atoms with Crippen molar-refractivity contribution in [2.24, 2.45) is 0 Å². The summed E-state index contributed by atoms with van der Waals surface area (Å²) >= 11 is 0. The Hall–Kier alpha value is -1.55. The van der Waals surface area contributed by atoms with Gasteiger partial charge in [-0.1, -0.05) is 0 Å². The summed E-state index contributed by atoms with van der Waals surface area (Å²) in [6.07, 6.45) is 1.87. The standard InChI is InChI=1S/C8H10N4O2S/c9-3-6-4-11-12(8(6)10)7-1-2-15(13,14)5-7/h4,7H,1-2,5,10H2/t7-/m0/s1. The Kier molecular flexibility index (Phi) is 2.16. The van der Waals surface area contributed by atoms with Gasteiger partial charge < -0.3 is 5.73 Å². The van der Waals surface area contributed by atoms with Gasteiger partial charge >= 0.3 is 0 Å². The fraction of sp³-hybridized carbons (Fsp3) is 0.500. The number of aromatic nitrogens is 2. The van der Waals surface area contributed by atoms with Gasteiger partial charge in [-0.05, 0) is 6.42 Å². The summed E-state index contributed by atoms with van der Waals surface area (Å²) in [6, 6.07) is 1.68. The maximum atomic E-state index is 11.3. The van der Waals surface area contributed by atoms with Crippen LogP contribution in [0.1, 0.15) is 18.0 Å². The van der Waals surface area contributed by atoms with E-state index in [1.165, 1.54) is 10.9 Å². The number of anilines is 1. The van der Waals surface area contributed by atoms with Crippen molar-refractivity contribution >= 4 is 15.7 Å². The first-order valence-electron chi connectivity index (χ1n) is 4.47. The molecule has 2 rings (SSSR count). The van der Waals surface area contributed by atoms with E-state index in [0.29, 0.717) is 12.0 Å². The lowest BCUT2D eigenvalue weighted by Gasteiger charge is -2.09. The van der Waals surface area contributed by atoms with E-state index in [1.54, 1.807) is 0 Å². The molecule has 1 atom stereocenters. The zero-order valence-electron chi connectivity index (χ0n) is 7.92. The Bertz CT molecular complexity index is 525. The molecule has 0 aliphatic carbocycles. The molecule has 80 valence electrons. The molecular weight excluding hydrogens is 216 g/mol. The topological polar surface area (TPSA) is 102 Å². The second-order valence-electron chi connectivity index (χ2n) is 3.56. The fourth-order valence-electron chi connectivity index (χ4n) is 1.72. The molecule has 1 saturated heterocycles. The highest BCUT2D eigenvalue weighted by Gasteiger charge is 2.31. The molecule has 6 nitrogen and oxygen atoms in total. The van der Waals surface area contributed by atoms with Crippen molar-refractivity contribution in [3.63, 3.8) is 0 Å². The van der Waals surface area contributed by atoms with Gasteiger partial charge in [-0.2, -0.15) is 10.4 Å². The summed E-state index contributed by atoms with van der Waals surface area (Å²) in [5.74, 6) is 0.474. The molecule has 0 radical (unpaired) electrons. The molecule has 1 aliphatic heterocycles. The van der Waals surface area contributed by atoms with Crippen molar-refractivity contribution in [2.75, 3.05) is 17.2 Å². The van der Waals surface area contributed by atoms with Gasteiger partial charge in [0.15, 0.2) is 9.84 Å². The molecule has 1 aliphatic rings. The summed E-state index contributed by atoms with van der Waals surface area (Å²) in [5.41, 5.74) is 5.96. The lowest BCUT2D eigenvalue weighted by Crippen LogP contribution is -2.14. The van der Waals surface area contributed by atoms with Crippen LogP contribution in [0.3, 0.4) is 0 Å². The SMILES string of the molecule is N#Cc1cnn([C@H]2CCS(=O)(=O)C2)c1N. The monoisotopic (exact) mass is 226 g/mol.